The van der Waals surface area contributed by atoms with Crippen LogP contribution in [0.15, 0.2) is 57.8 Å². The topological polar surface area (TPSA) is 65.0 Å². The molecule has 0 spiro atoms. The number of rotatable bonds is 9. The average Bonchev–Trinajstić information content (AvgIpc) is 3.39. The summed E-state index contributed by atoms with van der Waals surface area (Å²) < 4.78 is 22.0. The molecule has 6 nitrogen and oxygen atoms in total. The number of nitrogens with zero attached hydrogens (tertiary/aromatic N) is 1. The van der Waals surface area contributed by atoms with Crippen molar-refractivity contribution in [2.45, 2.75) is 26.9 Å². The first-order valence-electron chi connectivity index (χ1n) is 9.32. The molecule has 0 saturated heterocycles. The molecule has 0 aliphatic heterocycles. The predicted molar refractivity (Wildman–Crippen MR) is 109 cm³/mol. The summed E-state index contributed by atoms with van der Waals surface area (Å²) >= 11 is 6.42. The van der Waals surface area contributed by atoms with E-state index in [1.807, 2.05) is 26.0 Å². The number of halogens is 1. The lowest BCUT2D eigenvalue weighted by atomic mass is 10.1. The van der Waals surface area contributed by atoms with Crippen molar-refractivity contribution in [3.8, 4) is 11.5 Å². The third-order valence-electron chi connectivity index (χ3n) is 4.18. The first kappa shape index (κ1) is 20.9. The Morgan fingerprint density at radius 2 is 1.72 bits per heavy atom. The van der Waals surface area contributed by atoms with Crippen molar-refractivity contribution in [2.24, 2.45) is 5.92 Å². The third kappa shape index (κ3) is 5.35. The highest BCUT2D eigenvalue weighted by atomic mass is 35.5. The standard InChI is InChI=1S/C22H24ClNO5/c1-15(2)14-29-21-19(23)10-16(11-20(21)26-3)22(25)24(12-17-6-4-8-27-17)13-18-7-5-9-28-18/h4-11,15H,12-14H2,1-3H3. The molecule has 1 aromatic carbocycles. The summed E-state index contributed by atoms with van der Waals surface area (Å²) in [6.45, 7) is 5.15. The fourth-order valence-corrected chi connectivity index (χ4v) is 3.06. The van der Waals surface area contributed by atoms with Crippen LogP contribution < -0.4 is 9.47 Å². The Balaban J connectivity index is 1.88. The number of hydrogen-bond acceptors (Lipinski definition) is 5. The molecular formula is C22H24ClNO5. The minimum absolute atomic E-state index is 0.228. The number of furan rings is 2. The number of ether oxygens (including phenoxy) is 2. The van der Waals surface area contributed by atoms with Crippen LogP contribution in [0.1, 0.15) is 35.7 Å². The highest BCUT2D eigenvalue weighted by Gasteiger charge is 2.22. The van der Waals surface area contributed by atoms with Gasteiger partial charge in [0.25, 0.3) is 5.91 Å². The molecule has 3 rings (SSSR count). The number of amides is 1. The van der Waals surface area contributed by atoms with Crippen LogP contribution >= 0.6 is 11.6 Å². The molecule has 0 bridgehead atoms. The van der Waals surface area contributed by atoms with Crippen LogP contribution in [0.4, 0.5) is 0 Å². The number of hydrogen-bond donors (Lipinski definition) is 0. The van der Waals surface area contributed by atoms with E-state index in [0.29, 0.717) is 46.1 Å². The van der Waals surface area contributed by atoms with Crippen LogP contribution in [-0.4, -0.2) is 24.5 Å². The number of methoxy groups -OCH3 is 1. The summed E-state index contributed by atoms with van der Waals surface area (Å²) in [6, 6.07) is 10.4. The van der Waals surface area contributed by atoms with Gasteiger partial charge in [-0.2, -0.15) is 0 Å². The summed E-state index contributed by atoms with van der Waals surface area (Å²) in [5, 5.41) is 0.323. The monoisotopic (exact) mass is 417 g/mol. The van der Waals surface area contributed by atoms with Gasteiger partial charge in [0.1, 0.15) is 11.5 Å². The van der Waals surface area contributed by atoms with Crippen LogP contribution in [0.2, 0.25) is 5.02 Å². The molecule has 0 radical (unpaired) electrons. The van der Waals surface area contributed by atoms with Crippen LogP contribution in [0.25, 0.3) is 0 Å². The Bertz CT molecular complexity index is 883. The number of benzene rings is 1. The summed E-state index contributed by atoms with van der Waals surface area (Å²) in [5.41, 5.74) is 0.391. The fraction of sp³-hybridized carbons (Fsp3) is 0.318. The Morgan fingerprint density at radius 3 is 2.21 bits per heavy atom. The van der Waals surface area contributed by atoms with Crippen molar-refractivity contribution < 1.29 is 23.1 Å². The molecule has 7 heteroatoms. The molecule has 0 atom stereocenters. The smallest absolute Gasteiger partial charge is 0.254 e. The molecule has 1 amide bonds. The van der Waals surface area contributed by atoms with Gasteiger partial charge >= 0.3 is 0 Å². The van der Waals surface area contributed by atoms with Gasteiger partial charge in [0.05, 0.1) is 44.4 Å². The lowest BCUT2D eigenvalue weighted by Gasteiger charge is -2.22. The Hall–Kier alpha value is -2.86. The molecule has 0 fully saturated rings. The van der Waals surface area contributed by atoms with Crippen molar-refractivity contribution in [1.29, 1.82) is 0 Å². The maximum Gasteiger partial charge on any atom is 0.254 e. The van der Waals surface area contributed by atoms with Gasteiger partial charge in [0.15, 0.2) is 11.5 Å². The predicted octanol–water partition coefficient (Wildman–Crippen LogP) is 5.41. The zero-order valence-electron chi connectivity index (χ0n) is 16.7. The van der Waals surface area contributed by atoms with Crippen molar-refractivity contribution in [3.63, 3.8) is 0 Å². The molecule has 0 N–H and O–H groups in total. The maximum absolute atomic E-state index is 13.3. The lowest BCUT2D eigenvalue weighted by molar-refractivity contribution is 0.0704. The molecular weight excluding hydrogens is 394 g/mol. The van der Waals surface area contributed by atoms with Gasteiger partial charge in [0.2, 0.25) is 0 Å². The van der Waals surface area contributed by atoms with Crippen molar-refractivity contribution in [1.82, 2.24) is 4.90 Å². The van der Waals surface area contributed by atoms with E-state index in [9.17, 15) is 4.79 Å². The molecule has 154 valence electrons. The van der Waals surface area contributed by atoms with Gasteiger partial charge in [-0.25, -0.2) is 0 Å². The summed E-state index contributed by atoms with van der Waals surface area (Å²) in [4.78, 5) is 14.9. The maximum atomic E-state index is 13.3. The fourth-order valence-electron chi connectivity index (χ4n) is 2.80. The molecule has 0 saturated carbocycles. The second kappa shape index (κ2) is 9.56. The molecule has 2 aromatic heterocycles. The summed E-state index contributed by atoms with van der Waals surface area (Å²) in [7, 11) is 1.52. The average molecular weight is 418 g/mol. The van der Waals surface area contributed by atoms with Crippen LogP contribution in [0.3, 0.4) is 0 Å². The zero-order chi connectivity index (χ0) is 20.8. The third-order valence-corrected chi connectivity index (χ3v) is 4.46. The number of carbonyl (C=O) groups is 1. The van der Waals surface area contributed by atoms with Gasteiger partial charge in [-0.05, 0) is 42.3 Å². The van der Waals surface area contributed by atoms with Gasteiger partial charge < -0.3 is 23.2 Å². The molecule has 2 heterocycles. The first-order valence-corrected chi connectivity index (χ1v) is 9.70. The Morgan fingerprint density at radius 1 is 1.10 bits per heavy atom. The van der Waals surface area contributed by atoms with Crippen LogP contribution in [-0.2, 0) is 13.1 Å². The molecule has 3 aromatic rings. The van der Waals surface area contributed by atoms with E-state index in [2.05, 4.69) is 0 Å². The summed E-state index contributed by atoms with van der Waals surface area (Å²) in [6.07, 6.45) is 3.15. The van der Waals surface area contributed by atoms with Gasteiger partial charge in [-0.1, -0.05) is 25.4 Å². The van der Waals surface area contributed by atoms with Gasteiger partial charge in [-0.15, -0.1) is 0 Å². The second-order valence-corrected chi connectivity index (χ2v) is 7.42. The number of carbonyl (C=O) groups excluding carboxylic acids is 1. The Kier molecular flexibility index (Phi) is 6.88. The molecule has 0 aliphatic rings. The normalized spacial score (nSPS) is 10.9. The lowest BCUT2D eigenvalue weighted by Crippen LogP contribution is -2.30. The van der Waals surface area contributed by atoms with Gasteiger partial charge in [-0.3, -0.25) is 4.79 Å². The second-order valence-electron chi connectivity index (χ2n) is 7.01. The van der Waals surface area contributed by atoms with Crippen LogP contribution in [0.5, 0.6) is 11.5 Å². The van der Waals surface area contributed by atoms with E-state index in [1.54, 1.807) is 41.7 Å². The van der Waals surface area contributed by atoms with Gasteiger partial charge in [0, 0.05) is 5.56 Å². The van der Waals surface area contributed by atoms with E-state index in [1.165, 1.54) is 7.11 Å². The minimum Gasteiger partial charge on any atom is -0.493 e. The van der Waals surface area contributed by atoms with Crippen molar-refractivity contribution in [3.05, 3.63) is 71.0 Å². The molecule has 0 aliphatic carbocycles. The molecule has 0 unspecified atom stereocenters. The van der Waals surface area contributed by atoms with E-state index >= 15 is 0 Å². The SMILES string of the molecule is COc1cc(C(=O)N(Cc2ccco2)Cc2ccco2)cc(Cl)c1OCC(C)C. The van der Waals surface area contributed by atoms with E-state index < -0.39 is 0 Å². The van der Waals surface area contributed by atoms with Crippen molar-refractivity contribution in [2.75, 3.05) is 13.7 Å². The largest absolute Gasteiger partial charge is 0.493 e. The highest BCUT2D eigenvalue weighted by molar-refractivity contribution is 6.32. The van der Waals surface area contributed by atoms with E-state index in [4.69, 9.17) is 29.9 Å². The quantitative estimate of drug-likeness (QED) is 0.465. The Labute approximate surface area is 175 Å². The van der Waals surface area contributed by atoms with E-state index in [0.717, 1.165) is 0 Å². The van der Waals surface area contributed by atoms with Crippen LogP contribution in [0, 0.1) is 5.92 Å². The van der Waals surface area contributed by atoms with Crippen molar-refractivity contribution >= 4 is 17.5 Å². The van der Waals surface area contributed by atoms with E-state index in [-0.39, 0.29) is 19.0 Å². The zero-order valence-corrected chi connectivity index (χ0v) is 17.4. The molecule has 29 heavy (non-hydrogen) atoms. The first-order chi connectivity index (χ1) is 14.0. The summed E-state index contributed by atoms with van der Waals surface area (Å²) in [5.74, 6) is 2.28. The highest BCUT2D eigenvalue weighted by Crippen LogP contribution is 2.37. The minimum atomic E-state index is -0.228.